The second-order valence-electron chi connectivity index (χ2n) is 2.39. The molecule has 0 atom stereocenters. The first-order chi connectivity index (χ1) is 4.43. The van der Waals surface area contributed by atoms with Gasteiger partial charge in [0.05, 0.1) is 0 Å². The Bertz CT molecular complexity index is 161. The molecule has 1 aliphatic rings. The predicted octanol–water partition coefficient (Wildman–Crippen LogP) is 1.86. The van der Waals surface area contributed by atoms with Crippen LogP contribution in [0.25, 0.3) is 0 Å². The average Bonchev–Trinajstić information content (AvgIpc) is 1.91. The van der Waals surface area contributed by atoms with Crippen LogP contribution in [0, 0.1) is 0 Å². The zero-order valence-corrected chi connectivity index (χ0v) is 5.44. The van der Waals surface area contributed by atoms with Gasteiger partial charge in [-0.3, -0.25) is 0 Å². The summed E-state index contributed by atoms with van der Waals surface area (Å²) in [6.07, 6.45) is 5.89. The SMILES string of the molecule is O=C=C=C1CCCCC1. The zero-order chi connectivity index (χ0) is 6.53. The first kappa shape index (κ1) is 6.35. The van der Waals surface area contributed by atoms with Crippen LogP contribution in [-0.2, 0) is 4.79 Å². The Kier molecular flexibility index (Phi) is 2.32. The maximum Gasteiger partial charge on any atom is 0.177 e. The predicted molar refractivity (Wildman–Crippen MR) is 35.8 cm³/mol. The molecule has 0 N–H and O–H groups in total. The Hall–Kier alpha value is -0.770. The van der Waals surface area contributed by atoms with Gasteiger partial charge in [0.1, 0.15) is 0 Å². The van der Waals surface area contributed by atoms with Crippen LogP contribution in [0.1, 0.15) is 32.1 Å². The maximum absolute atomic E-state index is 9.82. The third-order valence-electron chi connectivity index (χ3n) is 1.68. The molecule has 0 aromatic carbocycles. The molecule has 9 heavy (non-hydrogen) atoms. The van der Waals surface area contributed by atoms with Crippen LogP contribution in [0.3, 0.4) is 0 Å². The molecule has 1 saturated carbocycles. The molecular weight excluding hydrogens is 112 g/mol. The van der Waals surface area contributed by atoms with E-state index in [1.807, 2.05) is 0 Å². The highest BCUT2D eigenvalue weighted by atomic mass is 16.1. The summed E-state index contributed by atoms with van der Waals surface area (Å²) >= 11 is 0. The minimum absolute atomic E-state index is 1.06. The Morgan fingerprint density at radius 3 is 2.33 bits per heavy atom. The van der Waals surface area contributed by atoms with Crippen molar-refractivity contribution in [3.63, 3.8) is 0 Å². The number of hydrogen-bond donors (Lipinski definition) is 0. The van der Waals surface area contributed by atoms with Gasteiger partial charge in [0.25, 0.3) is 0 Å². The summed E-state index contributed by atoms with van der Waals surface area (Å²) in [5.74, 6) is 1.70. The molecule has 0 saturated heterocycles. The number of hydrogen-bond acceptors (Lipinski definition) is 1. The third-order valence-corrected chi connectivity index (χ3v) is 1.68. The molecule has 0 heterocycles. The van der Waals surface area contributed by atoms with Crippen molar-refractivity contribution in [1.82, 2.24) is 0 Å². The Morgan fingerprint density at radius 2 is 1.78 bits per heavy atom. The lowest BCUT2D eigenvalue weighted by Crippen LogP contribution is -1.91. The molecule has 1 fully saturated rings. The zero-order valence-electron chi connectivity index (χ0n) is 5.44. The molecule has 0 aromatic rings. The van der Waals surface area contributed by atoms with E-state index in [0.717, 1.165) is 18.4 Å². The first-order valence-electron chi connectivity index (χ1n) is 3.41. The fourth-order valence-corrected chi connectivity index (χ4v) is 1.18. The minimum Gasteiger partial charge on any atom is -0.224 e. The van der Waals surface area contributed by atoms with Crippen LogP contribution in [0.4, 0.5) is 0 Å². The van der Waals surface area contributed by atoms with Gasteiger partial charge < -0.3 is 0 Å². The van der Waals surface area contributed by atoms with Crippen molar-refractivity contribution in [2.45, 2.75) is 32.1 Å². The molecule has 1 nitrogen and oxygen atoms in total. The maximum atomic E-state index is 9.82. The van der Waals surface area contributed by atoms with Gasteiger partial charge in [-0.2, -0.15) is 0 Å². The number of rotatable bonds is 0. The van der Waals surface area contributed by atoms with Crippen LogP contribution >= 0.6 is 0 Å². The fraction of sp³-hybridized carbons (Fsp3) is 0.625. The molecule has 0 spiro atoms. The lowest BCUT2D eigenvalue weighted by molar-refractivity contribution is 0.567. The molecule has 1 rings (SSSR count). The molecule has 0 aliphatic heterocycles. The van der Waals surface area contributed by atoms with Crippen LogP contribution in [-0.4, -0.2) is 5.94 Å². The van der Waals surface area contributed by atoms with E-state index in [0.29, 0.717) is 0 Å². The molecule has 0 unspecified atom stereocenters. The van der Waals surface area contributed by atoms with Crippen molar-refractivity contribution in [2.75, 3.05) is 0 Å². The highest BCUT2D eigenvalue weighted by Crippen LogP contribution is 2.20. The minimum atomic E-state index is 1.06. The summed E-state index contributed by atoms with van der Waals surface area (Å²) < 4.78 is 0. The number of allylic oxidation sites excluding steroid dienone is 1. The molecule has 0 radical (unpaired) electrons. The van der Waals surface area contributed by atoms with Crippen molar-refractivity contribution < 1.29 is 4.79 Å². The van der Waals surface area contributed by atoms with Crippen LogP contribution < -0.4 is 0 Å². The molecule has 0 bridgehead atoms. The summed E-state index contributed by atoms with van der Waals surface area (Å²) in [6, 6.07) is 0. The Balaban J connectivity index is 2.60. The van der Waals surface area contributed by atoms with Crippen LogP contribution in [0.15, 0.2) is 11.3 Å². The van der Waals surface area contributed by atoms with E-state index in [9.17, 15) is 4.79 Å². The van der Waals surface area contributed by atoms with Crippen molar-refractivity contribution in [3.05, 3.63) is 11.3 Å². The third kappa shape index (κ3) is 1.89. The van der Waals surface area contributed by atoms with Gasteiger partial charge in [-0.25, -0.2) is 4.79 Å². The van der Waals surface area contributed by atoms with Gasteiger partial charge in [0, 0.05) is 0 Å². The van der Waals surface area contributed by atoms with E-state index >= 15 is 0 Å². The lowest BCUT2D eigenvalue weighted by Gasteiger charge is -2.09. The largest absolute Gasteiger partial charge is 0.224 e. The molecule has 0 aromatic heterocycles. The molecular formula is C8H10O. The van der Waals surface area contributed by atoms with E-state index in [1.54, 1.807) is 5.94 Å². The fourth-order valence-electron chi connectivity index (χ4n) is 1.18. The Labute approximate surface area is 55.1 Å². The van der Waals surface area contributed by atoms with E-state index < -0.39 is 0 Å². The van der Waals surface area contributed by atoms with Gasteiger partial charge >= 0.3 is 0 Å². The molecule has 1 heteroatoms. The van der Waals surface area contributed by atoms with Crippen LogP contribution in [0.5, 0.6) is 0 Å². The van der Waals surface area contributed by atoms with Gasteiger partial charge in [0.15, 0.2) is 5.94 Å². The molecule has 0 amide bonds. The highest BCUT2D eigenvalue weighted by molar-refractivity contribution is 5.45. The summed E-state index contributed by atoms with van der Waals surface area (Å²) in [6.45, 7) is 0. The lowest BCUT2D eigenvalue weighted by atomic mass is 9.96. The summed E-state index contributed by atoms with van der Waals surface area (Å²) in [4.78, 5) is 9.82. The van der Waals surface area contributed by atoms with E-state index in [2.05, 4.69) is 5.73 Å². The second-order valence-corrected chi connectivity index (χ2v) is 2.39. The van der Waals surface area contributed by atoms with Crippen LogP contribution in [0.2, 0.25) is 0 Å². The van der Waals surface area contributed by atoms with Crippen molar-refractivity contribution in [2.24, 2.45) is 0 Å². The van der Waals surface area contributed by atoms with Crippen molar-refractivity contribution >= 4 is 5.94 Å². The first-order valence-corrected chi connectivity index (χ1v) is 3.41. The van der Waals surface area contributed by atoms with Crippen molar-refractivity contribution in [1.29, 1.82) is 0 Å². The summed E-state index contributed by atoms with van der Waals surface area (Å²) in [7, 11) is 0. The Morgan fingerprint density at radius 1 is 1.11 bits per heavy atom. The highest BCUT2D eigenvalue weighted by Gasteiger charge is 2.03. The van der Waals surface area contributed by atoms with Gasteiger partial charge in [-0.1, -0.05) is 6.42 Å². The van der Waals surface area contributed by atoms with E-state index in [-0.39, 0.29) is 0 Å². The van der Waals surface area contributed by atoms with Crippen molar-refractivity contribution in [3.8, 4) is 0 Å². The summed E-state index contributed by atoms with van der Waals surface area (Å²) in [5.41, 5.74) is 3.76. The molecule has 1 aliphatic carbocycles. The smallest absolute Gasteiger partial charge is 0.177 e. The second kappa shape index (κ2) is 3.29. The van der Waals surface area contributed by atoms with E-state index in [4.69, 9.17) is 0 Å². The van der Waals surface area contributed by atoms with Gasteiger partial charge in [-0.15, -0.1) is 0 Å². The standard InChI is InChI=1S/C8H10O/c9-7-6-8-4-2-1-3-5-8/h1-5H2. The van der Waals surface area contributed by atoms with Gasteiger partial charge in [0.2, 0.25) is 0 Å². The quantitative estimate of drug-likeness (QED) is 0.354. The molecule has 48 valence electrons. The normalized spacial score (nSPS) is 18.4. The average molecular weight is 122 g/mol. The monoisotopic (exact) mass is 122 g/mol. The number of carbonyl (C=O) groups excluding carboxylic acids is 1. The van der Waals surface area contributed by atoms with Gasteiger partial charge in [-0.05, 0) is 37.0 Å². The summed E-state index contributed by atoms with van der Waals surface area (Å²) in [5, 5.41) is 0. The van der Waals surface area contributed by atoms with E-state index in [1.165, 1.54) is 19.3 Å². The topological polar surface area (TPSA) is 17.1 Å².